The fourth-order valence-electron chi connectivity index (χ4n) is 3.07. The first-order chi connectivity index (χ1) is 14.1. The number of hydrogen-bond acceptors (Lipinski definition) is 7. The molecule has 30 heavy (non-hydrogen) atoms. The molecule has 3 N–H and O–H groups in total. The van der Waals surface area contributed by atoms with Crippen molar-refractivity contribution in [3.63, 3.8) is 0 Å². The van der Waals surface area contributed by atoms with Gasteiger partial charge in [0.2, 0.25) is 10.0 Å². The number of primary sulfonamides is 1. The average Bonchev–Trinajstić information content (AvgIpc) is 2.71. The first kappa shape index (κ1) is 21.6. The molecule has 0 amide bonds. The van der Waals surface area contributed by atoms with E-state index in [1.165, 1.54) is 37.4 Å². The first-order valence-corrected chi connectivity index (χ1v) is 10.6. The van der Waals surface area contributed by atoms with Gasteiger partial charge in [-0.25, -0.2) is 23.3 Å². The van der Waals surface area contributed by atoms with E-state index in [9.17, 15) is 18.0 Å². The highest BCUT2D eigenvalue weighted by Crippen LogP contribution is 2.22. The Kier molecular flexibility index (Phi) is 6.01. The van der Waals surface area contributed by atoms with Gasteiger partial charge in [-0.05, 0) is 49.9 Å². The summed E-state index contributed by atoms with van der Waals surface area (Å²) in [4.78, 5) is 33.4. The normalized spacial score (nSPS) is 12.8. The van der Waals surface area contributed by atoms with Crippen LogP contribution in [-0.2, 0) is 21.3 Å². The second-order valence-electron chi connectivity index (χ2n) is 6.94. The van der Waals surface area contributed by atoms with Crippen molar-refractivity contribution >= 4 is 26.9 Å². The van der Waals surface area contributed by atoms with Gasteiger partial charge in [0.15, 0.2) is 0 Å². The van der Waals surface area contributed by atoms with E-state index >= 15 is 0 Å². The molecule has 1 aromatic heterocycles. The summed E-state index contributed by atoms with van der Waals surface area (Å²) < 4.78 is 27.5. The van der Waals surface area contributed by atoms with Gasteiger partial charge < -0.3 is 9.72 Å². The number of nitrogens with one attached hydrogen (secondary N) is 1. The van der Waals surface area contributed by atoms with Crippen LogP contribution in [0.25, 0.3) is 10.9 Å². The molecule has 9 nitrogen and oxygen atoms in total. The molecule has 0 unspecified atom stereocenters. The third-order valence-electron chi connectivity index (χ3n) is 4.93. The fraction of sp³-hybridized carbons (Fsp3) is 0.250. The second kappa shape index (κ2) is 8.34. The second-order valence-corrected chi connectivity index (χ2v) is 8.50. The van der Waals surface area contributed by atoms with Crippen molar-refractivity contribution in [2.24, 2.45) is 5.14 Å². The van der Waals surface area contributed by atoms with Crippen LogP contribution >= 0.6 is 0 Å². The van der Waals surface area contributed by atoms with E-state index in [1.807, 2.05) is 18.9 Å². The lowest BCUT2D eigenvalue weighted by Crippen LogP contribution is -2.25. The Morgan fingerprint density at radius 1 is 1.23 bits per heavy atom. The molecule has 0 saturated heterocycles. The lowest BCUT2D eigenvalue weighted by atomic mass is 10.1. The van der Waals surface area contributed by atoms with E-state index in [2.05, 4.69) is 9.97 Å². The number of sulfonamides is 1. The van der Waals surface area contributed by atoms with E-state index in [4.69, 9.17) is 9.88 Å². The number of ether oxygens (including phenoxy) is 1. The highest BCUT2D eigenvalue weighted by Gasteiger charge is 2.16. The minimum Gasteiger partial charge on any atom is -0.465 e. The summed E-state index contributed by atoms with van der Waals surface area (Å²) in [6, 6.07) is 10.8. The molecule has 0 saturated carbocycles. The number of rotatable bonds is 6. The molecule has 1 heterocycles. The molecule has 0 aliphatic carbocycles. The lowest BCUT2D eigenvalue weighted by Gasteiger charge is -2.24. The van der Waals surface area contributed by atoms with Gasteiger partial charge in [0.25, 0.3) is 5.56 Å². The zero-order valence-electron chi connectivity index (χ0n) is 16.7. The number of fused-ring (bicyclic) bond motifs is 1. The lowest BCUT2D eigenvalue weighted by molar-refractivity contribution is 0.0601. The number of hydrogen-bond donors (Lipinski definition) is 2. The maximum Gasteiger partial charge on any atom is 0.337 e. The Balaban J connectivity index is 1.85. The van der Waals surface area contributed by atoms with Crippen LogP contribution in [0.15, 0.2) is 52.2 Å². The number of carbonyl (C=O) groups is 1. The predicted octanol–water partition coefficient (Wildman–Crippen LogP) is 1.55. The SMILES string of the molecule is COC(=O)c1ccc2c(=O)[nH]c(CN(C)[C@H](C)c3ccc(S(N)(=O)=O)cc3)nc2c1. The number of nitrogens with two attached hydrogens (primary N) is 1. The van der Waals surface area contributed by atoms with E-state index in [-0.39, 0.29) is 16.5 Å². The molecule has 3 aromatic rings. The van der Waals surface area contributed by atoms with E-state index < -0.39 is 16.0 Å². The van der Waals surface area contributed by atoms with Crippen molar-refractivity contribution in [2.45, 2.75) is 24.4 Å². The summed E-state index contributed by atoms with van der Waals surface area (Å²) in [5.41, 5.74) is 1.28. The smallest absolute Gasteiger partial charge is 0.337 e. The number of nitrogens with zero attached hydrogens (tertiary/aromatic N) is 2. The average molecular weight is 430 g/mol. The van der Waals surface area contributed by atoms with Gasteiger partial charge in [-0.1, -0.05) is 12.1 Å². The number of H-pyrrole nitrogens is 1. The van der Waals surface area contributed by atoms with Gasteiger partial charge in [-0.3, -0.25) is 9.69 Å². The van der Waals surface area contributed by atoms with E-state index in [0.717, 1.165) is 5.56 Å². The molecular formula is C20H22N4O5S. The van der Waals surface area contributed by atoms with Crippen LogP contribution in [0.3, 0.4) is 0 Å². The van der Waals surface area contributed by atoms with Crippen LogP contribution in [0.5, 0.6) is 0 Å². The topological polar surface area (TPSA) is 135 Å². The number of benzene rings is 2. The summed E-state index contributed by atoms with van der Waals surface area (Å²) in [7, 11) is -0.606. The van der Waals surface area contributed by atoms with Crippen molar-refractivity contribution in [1.29, 1.82) is 0 Å². The largest absolute Gasteiger partial charge is 0.465 e. The van der Waals surface area contributed by atoms with Crippen molar-refractivity contribution in [3.8, 4) is 0 Å². The minimum atomic E-state index is -3.75. The van der Waals surface area contributed by atoms with Crippen molar-refractivity contribution in [1.82, 2.24) is 14.9 Å². The first-order valence-electron chi connectivity index (χ1n) is 9.04. The van der Waals surface area contributed by atoms with E-state index in [1.54, 1.807) is 12.1 Å². The molecule has 10 heteroatoms. The molecule has 0 bridgehead atoms. The minimum absolute atomic E-state index is 0.0445. The molecule has 0 spiro atoms. The number of carbonyl (C=O) groups excluding carboxylic acids is 1. The fourth-order valence-corrected chi connectivity index (χ4v) is 3.59. The van der Waals surface area contributed by atoms with Gasteiger partial charge >= 0.3 is 5.97 Å². The Hall–Kier alpha value is -3.08. The van der Waals surface area contributed by atoms with Gasteiger partial charge in [0.05, 0.1) is 35.0 Å². The van der Waals surface area contributed by atoms with E-state index in [0.29, 0.717) is 28.8 Å². The number of aromatic amines is 1. The van der Waals surface area contributed by atoms with Crippen LogP contribution in [0, 0.1) is 0 Å². The highest BCUT2D eigenvalue weighted by atomic mass is 32.2. The molecule has 3 rings (SSSR count). The Labute approximate surface area is 173 Å². The zero-order chi connectivity index (χ0) is 22.1. The summed E-state index contributed by atoms with van der Waals surface area (Å²) >= 11 is 0. The summed E-state index contributed by atoms with van der Waals surface area (Å²) in [6.45, 7) is 2.27. The van der Waals surface area contributed by atoms with Crippen LogP contribution < -0.4 is 10.7 Å². The number of aromatic nitrogens is 2. The molecular weight excluding hydrogens is 408 g/mol. The number of methoxy groups -OCH3 is 1. The van der Waals surface area contributed by atoms with Gasteiger partial charge in [0, 0.05) is 6.04 Å². The van der Waals surface area contributed by atoms with Crippen molar-refractivity contribution < 1.29 is 17.9 Å². The molecule has 0 aliphatic rings. The van der Waals surface area contributed by atoms with Crippen LogP contribution in [0.4, 0.5) is 0 Å². The molecule has 2 aromatic carbocycles. The van der Waals surface area contributed by atoms with Gasteiger partial charge in [-0.15, -0.1) is 0 Å². The number of esters is 1. The van der Waals surface area contributed by atoms with Gasteiger partial charge in [0.1, 0.15) is 5.82 Å². The van der Waals surface area contributed by atoms with Crippen LogP contribution in [-0.4, -0.2) is 43.4 Å². The zero-order valence-corrected chi connectivity index (χ0v) is 17.6. The Morgan fingerprint density at radius 2 is 1.90 bits per heavy atom. The van der Waals surface area contributed by atoms with Crippen molar-refractivity contribution in [2.75, 3.05) is 14.2 Å². The Morgan fingerprint density at radius 3 is 2.50 bits per heavy atom. The Bertz CT molecular complexity index is 1250. The van der Waals surface area contributed by atoms with Crippen LogP contribution in [0.1, 0.15) is 34.7 Å². The maximum atomic E-state index is 12.4. The third kappa shape index (κ3) is 4.56. The predicted molar refractivity (Wildman–Crippen MR) is 111 cm³/mol. The summed E-state index contributed by atoms with van der Waals surface area (Å²) in [5, 5.41) is 5.51. The van der Waals surface area contributed by atoms with Crippen LogP contribution in [0.2, 0.25) is 0 Å². The third-order valence-corrected chi connectivity index (χ3v) is 5.86. The summed E-state index contributed by atoms with van der Waals surface area (Å²) in [5.74, 6) is -0.0702. The molecule has 1 atom stereocenters. The monoisotopic (exact) mass is 430 g/mol. The maximum absolute atomic E-state index is 12.4. The molecule has 0 radical (unpaired) electrons. The molecule has 0 aliphatic heterocycles. The summed E-state index contributed by atoms with van der Waals surface area (Å²) in [6.07, 6.45) is 0. The standard InChI is InChI=1S/C20H22N4O5S/c1-12(13-4-7-15(8-5-13)30(21,27)28)24(2)11-18-22-17-10-14(20(26)29-3)6-9-16(17)19(25)23-18/h4-10,12H,11H2,1-3H3,(H2,21,27,28)(H,22,23,25)/t12-/m1/s1. The quantitative estimate of drug-likeness (QED) is 0.566. The molecule has 158 valence electrons. The highest BCUT2D eigenvalue weighted by molar-refractivity contribution is 7.89. The van der Waals surface area contributed by atoms with Crippen molar-refractivity contribution in [3.05, 3.63) is 69.8 Å². The molecule has 0 fully saturated rings. The van der Waals surface area contributed by atoms with Gasteiger partial charge in [-0.2, -0.15) is 0 Å².